The summed E-state index contributed by atoms with van der Waals surface area (Å²) in [5.74, 6) is 1.85. The van der Waals surface area contributed by atoms with Gasteiger partial charge in [0.1, 0.15) is 18.0 Å². The first-order chi connectivity index (χ1) is 10.3. The van der Waals surface area contributed by atoms with E-state index in [0.29, 0.717) is 12.1 Å². The highest BCUT2D eigenvalue weighted by Crippen LogP contribution is 2.26. The Hall–Kier alpha value is -1.69. The second-order valence-corrected chi connectivity index (χ2v) is 6.13. The molecular formula is C15H18BrN5. The molecule has 21 heavy (non-hydrogen) atoms. The molecule has 0 aromatic carbocycles. The van der Waals surface area contributed by atoms with E-state index in [1.54, 1.807) is 12.5 Å². The fourth-order valence-corrected chi connectivity index (χ4v) is 2.99. The Balaban J connectivity index is 1.50. The van der Waals surface area contributed by atoms with Crippen LogP contribution in [-0.2, 0) is 0 Å². The fraction of sp³-hybridized carbons (Fsp3) is 0.400. The van der Waals surface area contributed by atoms with Crippen molar-refractivity contribution in [3.05, 3.63) is 41.4 Å². The van der Waals surface area contributed by atoms with Crippen molar-refractivity contribution < 1.29 is 0 Å². The molecule has 0 saturated heterocycles. The highest BCUT2D eigenvalue weighted by Gasteiger charge is 2.21. The van der Waals surface area contributed by atoms with Gasteiger partial charge in [0.2, 0.25) is 0 Å². The van der Waals surface area contributed by atoms with Crippen molar-refractivity contribution in [3.8, 4) is 0 Å². The molecule has 5 nitrogen and oxygen atoms in total. The summed E-state index contributed by atoms with van der Waals surface area (Å²) in [7, 11) is 0. The first-order valence-corrected chi connectivity index (χ1v) is 8.00. The summed E-state index contributed by atoms with van der Waals surface area (Å²) in [5.41, 5.74) is 0. The molecule has 0 unspecified atom stereocenters. The lowest BCUT2D eigenvalue weighted by Gasteiger charge is -2.30. The Morgan fingerprint density at radius 2 is 1.76 bits per heavy atom. The van der Waals surface area contributed by atoms with Crippen molar-refractivity contribution in [2.45, 2.75) is 37.8 Å². The number of hydrogen-bond donors (Lipinski definition) is 2. The standard InChI is InChI=1S/C15H18BrN5/c16-13-9-17-10-19-15(13)21-12-6-4-11(5-7-12)20-14-3-1-2-8-18-14/h1-3,8-12H,4-7H2,(H,18,20)(H,17,19,21). The molecule has 110 valence electrons. The van der Waals surface area contributed by atoms with Crippen LogP contribution in [0.15, 0.2) is 41.4 Å². The Morgan fingerprint density at radius 1 is 1.00 bits per heavy atom. The van der Waals surface area contributed by atoms with Crippen LogP contribution in [0.2, 0.25) is 0 Å². The number of anilines is 2. The van der Waals surface area contributed by atoms with Gasteiger partial charge >= 0.3 is 0 Å². The Kier molecular flexibility index (Phi) is 4.65. The molecular weight excluding hydrogens is 330 g/mol. The molecule has 1 aliphatic rings. The molecule has 2 aromatic rings. The summed E-state index contributed by atoms with van der Waals surface area (Å²) in [6.07, 6.45) is 9.68. The third kappa shape index (κ3) is 3.91. The minimum atomic E-state index is 0.470. The van der Waals surface area contributed by atoms with Crippen LogP contribution in [0, 0.1) is 0 Å². The topological polar surface area (TPSA) is 62.7 Å². The van der Waals surface area contributed by atoms with E-state index in [-0.39, 0.29) is 0 Å². The van der Waals surface area contributed by atoms with Gasteiger partial charge in [-0.2, -0.15) is 0 Å². The Morgan fingerprint density at radius 3 is 2.43 bits per heavy atom. The summed E-state index contributed by atoms with van der Waals surface area (Å²) in [5, 5.41) is 7.00. The summed E-state index contributed by atoms with van der Waals surface area (Å²) in [4.78, 5) is 12.6. The van der Waals surface area contributed by atoms with Crippen LogP contribution in [0.3, 0.4) is 0 Å². The normalized spacial score (nSPS) is 21.8. The van der Waals surface area contributed by atoms with Crippen LogP contribution in [0.5, 0.6) is 0 Å². The van der Waals surface area contributed by atoms with Crippen LogP contribution < -0.4 is 10.6 Å². The SMILES string of the molecule is Brc1cncnc1NC1CCC(Nc2ccccn2)CC1. The monoisotopic (exact) mass is 347 g/mol. The second-order valence-electron chi connectivity index (χ2n) is 5.27. The lowest BCUT2D eigenvalue weighted by atomic mass is 9.91. The van der Waals surface area contributed by atoms with Crippen LogP contribution in [0.4, 0.5) is 11.6 Å². The average Bonchev–Trinajstić information content (AvgIpc) is 2.52. The zero-order valence-electron chi connectivity index (χ0n) is 11.7. The number of hydrogen-bond acceptors (Lipinski definition) is 5. The van der Waals surface area contributed by atoms with Crippen LogP contribution >= 0.6 is 15.9 Å². The largest absolute Gasteiger partial charge is 0.367 e. The zero-order chi connectivity index (χ0) is 14.5. The molecule has 1 saturated carbocycles. The van der Waals surface area contributed by atoms with Crippen LogP contribution in [-0.4, -0.2) is 27.0 Å². The molecule has 1 aliphatic carbocycles. The van der Waals surface area contributed by atoms with Gasteiger partial charge in [-0.3, -0.25) is 0 Å². The highest BCUT2D eigenvalue weighted by molar-refractivity contribution is 9.10. The van der Waals surface area contributed by atoms with E-state index in [9.17, 15) is 0 Å². The lowest BCUT2D eigenvalue weighted by Crippen LogP contribution is -2.32. The maximum atomic E-state index is 4.32. The fourth-order valence-electron chi connectivity index (χ4n) is 2.65. The van der Waals surface area contributed by atoms with E-state index in [2.05, 4.69) is 41.5 Å². The van der Waals surface area contributed by atoms with E-state index in [1.807, 2.05) is 24.4 Å². The summed E-state index contributed by atoms with van der Waals surface area (Å²) in [6.45, 7) is 0. The predicted octanol–water partition coefficient (Wildman–Crippen LogP) is 3.47. The Bertz CT molecular complexity index is 569. The van der Waals surface area contributed by atoms with E-state index >= 15 is 0 Å². The summed E-state index contributed by atoms with van der Waals surface area (Å²) >= 11 is 3.47. The molecule has 0 radical (unpaired) electrons. The number of nitrogens with zero attached hydrogens (tertiary/aromatic N) is 3. The van der Waals surface area contributed by atoms with Gasteiger partial charge in [-0.1, -0.05) is 6.07 Å². The number of nitrogens with one attached hydrogen (secondary N) is 2. The molecule has 6 heteroatoms. The third-order valence-electron chi connectivity index (χ3n) is 3.75. The first-order valence-electron chi connectivity index (χ1n) is 7.21. The van der Waals surface area contributed by atoms with Gasteiger partial charge in [-0.05, 0) is 53.7 Å². The maximum Gasteiger partial charge on any atom is 0.143 e. The number of aromatic nitrogens is 3. The zero-order valence-corrected chi connectivity index (χ0v) is 13.3. The number of halogens is 1. The highest BCUT2D eigenvalue weighted by atomic mass is 79.9. The van der Waals surface area contributed by atoms with Crippen molar-refractivity contribution in [1.82, 2.24) is 15.0 Å². The van der Waals surface area contributed by atoms with E-state index in [1.165, 1.54) is 0 Å². The van der Waals surface area contributed by atoms with E-state index in [0.717, 1.165) is 41.8 Å². The first kappa shape index (κ1) is 14.3. The van der Waals surface area contributed by atoms with Gasteiger partial charge in [0.05, 0.1) is 4.47 Å². The molecule has 0 aliphatic heterocycles. The van der Waals surface area contributed by atoms with Crippen LogP contribution in [0.25, 0.3) is 0 Å². The number of pyridine rings is 1. The molecule has 0 bridgehead atoms. The third-order valence-corrected chi connectivity index (χ3v) is 4.33. The second kappa shape index (κ2) is 6.85. The van der Waals surface area contributed by atoms with Crippen molar-refractivity contribution in [1.29, 1.82) is 0 Å². The van der Waals surface area contributed by atoms with Gasteiger partial charge in [0.25, 0.3) is 0 Å². The minimum absolute atomic E-state index is 0.470. The van der Waals surface area contributed by atoms with Crippen molar-refractivity contribution >= 4 is 27.6 Å². The molecule has 0 amide bonds. The molecule has 3 rings (SSSR count). The van der Waals surface area contributed by atoms with Gasteiger partial charge in [-0.25, -0.2) is 15.0 Å². The van der Waals surface area contributed by atoms with Crippen LogP contribution in [0.1, 0.15) is 25.7 Å². The van der Waals surface area contributed by atoms with Gasteiger partial charge in [-0.15, -0.1) is 0 Å². The van der Waals surface area contributed by atoms with E-state index < -0.39 is 0 Å². The van der Waals surface area contributed by atoms with Crippen molar-refractivity contribution in [2.24, 2.45) is 0 Å². The Labute approximate surface area is 132 Å². The molecule has 2 aromatic heterocycles. The number of rotatable bonds is 4. The van der Waals surface area contributed by atoms with E-state index in [4.69, 9.17) is 0 Å². The molecule has 2 N–H and O–H groups in total. The maximum absolute atomic E-state index is 4.32. The molecule has 2 heterocycles. The molecule has 0 spiro atoms. The average molecular weight is 348 g/mol. The lowest BCUT2D eigenvalue weighted by molar-refractivity contribution is 0.427. The van der Waals surface area contributed by atoms with Gasteiger partial charge < -0.3 is 10.6 Å². The smallest absolute Gasteiger partial charge is 0.143 e. The summed E-state index contributed by atoms with van der Waals surface area (Å²) in [6, 6.07) is 6.94. The van der Waals surface area contributed by atoms with Gasteiger partial charge in [0.15, 0.2) is 0 Å². The van der Waals surface area contributed by atoms with Gasteiger partial charge in [0, 0.05) is 24.5 Å². The van der Waals surface area contributed by atoms with Crippen molar-refractivity contribution in [3.63, 3.8) is 0 Å². The van der Waals surface area contributed by atoms with Crippen molar-refractivity contribution in [2.75, 3.05) is 10.6 Å². The predicted molar refractivity (Wildman–Crippen MR) is 87.3 cm³/mol. The summed E-state index contributed by atoms with van der Waals surface area (Å²) < 4.78 is 0.915. The minimum Gasteiger partial charge on any atom is -0.367 e. The quantitative estimate of drug-likeness (QED) is 0.886. The molecule has 0 atom stereocenters. The molecule has 1 fully saturated rings.